The number of nitrogens with one attached hydrogen (secondary N) is 2. The number of carbonyl (C=O) groups is 2. The molecule has 3 rings (SSSR count). The Morgan fingerprint density at radius 2 is 1.91 bits per heavy atom. The first kappa shape index (κ1) is 24.1. The third-order valence-corrected chi connectivity index (χ3v) is 6.25. The molecule has 2 aromatic heterocycles. The van der Waals surface area contributed by atoms with Gasteiger partial charge in [-0.25, -0.2) is 4.79 Å². The summed E-state index contributed by atoms with van der Waals surface area (Å²) in [6.07, 6.45) is 1.32. The summed E-state index contributed by atoms with van der Waals surface area (Å²) in [5.41, 5.74) is 3.56. The minimum absolute atomic E-state index is 0.0766. The van der Waals surface area contributed by atoms with Crippen LogP contribution < -0.4 is 16.2 Å². The van der Waals surface area contributed by atoms with E-state index in [1.54, 1.807) is 6.92 Å². The number of amides is 2. The quantitative estimate of drug-likeness (QED) is 0.448. The van der Waals surface area contributed by atoms with E-state index < -0.39 is 23.6 Å². The van der Waals surface area contributed by atoms with Crippen LogP contribution in [0.1, 0.15) is 35.4 Å². The third kappa shape index (κ3) is 5.61. The number of benzene rings is 1. The molecule has 0 spiro atoms. The molecule has 1 aromatic carbocycles. The van der Waals surface area contributed by atoms with Crippen molar-refractivity contribution in [1.82, 2.24) is 9.88 Å². The molecule has 0 bridgehead atoms. The molecule has 0 saturated heterocycles. The third-order valence-electron chi connectivity index (χ3n) is 5.20. The second-order valence-electron chi connectivity index (χ2n) is 7.66. The van der Waals surface area contributed by atoms with Gasteiger partial charge in [0.25, 0.3) is 5.56 Å². The van der Waals surface area contributed by atoms with E-state index in [1.165, 1.54) is 35.2 Å². The molecule has 9 heteroatoms. The highest BCUT2D eigenvalue weighted by atomic mass is 32.1. The summed E-state index contributed by atoms with van der Waals surface area (Å²) in [5.74, 6) is -0.799. The van der Waals surface area contributed by atoms with Crippen LogP contribution in [-0.2, 0) is 16.6 Å². The normalized spacial score (nSPS) is 11.6. The number of aromatic hydroxyl groups is 1. The van der Waals surface area contributed by atoms with E-state index in [1.807, 2.05) is 43.5 Å². The zero-order valence-corrected chi connectivity index (χ0v) is 19.8. The Morgan fingerprint density at radius 3 is 2.58 bits per heavy atom. The number of thiophene rings is 1. The van der Waals surface area contributed by atoms with E-state index >= 15 is 0 Å². The van der Waals surface area contributed by atoms with Crippen LogP contribution in [0.15, 0.2) is 46.7 Å². The average molecular weight is 470 g/mol. The van der Waals surface area contributed by atoms with Gasteiger partial charge in [-0.05, 0) is 60.5 Å². The summed E-state index contributed by atoms with van der Waals surface area (Å²) in [4.78, 5) is 38.0. The van der Waals surface area contributed by atoms with E-state index in [2.05, 4.69) is 10.6 Å². The number of rotatable bonds is 7. The molecule has 0 radical (unpaired) electrons. The molecular formula is C24H27N3O5S. The van der Waals surface area contributed by atoms with Gasteiger partial charge in [-0.2, -0.15) is 0 Å². The lowest BCUT2D eigenvalue weighted by Gasteiger charge is -2.18. The van der Waals surface area contributed by atoms with E-state index in [9.17, 15) is 19.5 Å². The Hall–Kier alpha value is -3.59. The first-order valence-electron chi connectivity index (χ1n) is 10.5. The summed E-state index contributed by atoms with van der Waals surface area (Å²) < 4.78 is 6.32. The standard InChI is InChI=1S/C24H27N3O5S/c1-5-32-20(29)12-17(25-24(31)26-22-18(28)9-10-27(4)23(22)30)19-11-16(13-33-19)21-14(2)7-6-8-15(21)3/h6-11,13,17,28H,5,12H2,1-4H3,(H2,25,26,31). The number of pyridine rings is 1. The topological polar surface area (TPSA) is 110 Å². The fourth-order valence-electron chi connectivity index (χ4n) is 3.59. The van der Waals surface area contributed by atoms with Crippen LogP contribution in [0.3, 0.4) is 0 Å². The van der Waals surface area contributed by atoms with Gasteiger partial charge in [0.05, 0.1) is 19.1 Å². The van der Waals surface area contributed by atoms with Crippen LogP contribution in [-0.4, -0.2) is 28.3 Å². The van der Waals surface area contributed by atoms with E-state index in [-0.39, 0.29) is 24.5 Å². The molecule has 33 heavy (non-hydrogen) atoms. The van der Waals surface area contributed by atoms with Gasteiger partial charge in [-0.3, -0.25) is 9.59 Å². The molecule has 2 heterocycles. The lowest BCUT2D eigenvalue weighted by Crippen LogP contribution is -2.35. The number of esters is 1. The molecule has 0 aliphatic heterocycles. The van der Waals surface area contributed by atoms with E-state index in [0.717, 1.165) is 27.1 Å². The number of carbonyl (C=O) groups excluding carboxylic acids is 2. The first-order valence-corrected chi connectivity index (χ1v) is 11.4. The molecule has 3 aromatic rings. The second-order valence-corrected chi connectivity index (χ2v) is 8.60. The van der Waals surface area contributed by atoms with Crippen molar-refractivity contribution in [3.05, 3.63) is 68.3 Å². The number of nitrogens with zero attached hydrogens (tertiary/aromatic N) is 1. The predicted octanol–water partition coefficient (Wildman–Crippen LogP) is 4.25. The van der Waals surface area contributed by atoms with Crippen LogP contribution in [0.2, 0.25) is 0 Å². The van der Waals surface area contributed by atoms with Crippen molar-refractivity contribution in [1.29, 1.82) is 0 Å². The number of urea groups is 1. The van der Waals surface area contributed by atoms with Crippen molar-refractivity contribution in [2.45, 2.75) is 33.2 Å². The second kappa shape index (κ2) is 10.4. The molecule has 0 fully saturated rings. The summed E-state index contributed by atoms with van der Waals surface area (Å²) in [7, 11) is 1.51. The van der Waals surface area contributed by atoms with Crippen molar-refractivity contribution in [2.24, 2.45) is 7.05 Å². The number of ether oxygens (including phenoxy) is 1. The molecule has 1 atom stereocenters. The average Bonchev–Trinajstić information content (AvgIpc) is 3.23. The fraction of sp³-hybridized carbons (Fsp3) is 0.292. The van der Waals surface area contributed by atoms with Crippen LogP contribution in [0, 0.1) is 13.8 Å². The van der Waals surface area contributed by atoms with Crippen molar-refractivity contribution in [3.63, 3.8) is 0 Å². The largest absolute Gasteiger partial charge is 0.505 e. The van der Waals surface area contributed by atoms with Crippen LogP contribution in [0.5, 0.6) is 5.75 Å². The van der Waals surface area contributed by atoms with Gasteiger partial charge < -0.3 is 25.0 Å². The Balaban J connectivity index is 1.88. The van der Waals surface area contributed by atoms with Crippen molar-refractivity contribution >= 4 is 29.0 Å². The SMILES string of the molecule is CCOC(=O)CC(NC(=O)Nc1c(O)ccn(C)c1=O)c1cc(-c2c(C)cccc2C)cs1. The summed E-state index contributed by atoms with van der Waals surface area (Å²) >= 11 is 1.42. The molecule has 0 aliphatic rings. The molecule has 174 valence electrons. The molecular weight excluding hydrogens is 442 g/mol. The first-order chi connectivity index (χ1) is 15.7. The lowest BCUT2D eigenvalue weighted by atomic mass is 9.97. The zero-order valence-electron chi connectivity index (χ0n) is 19.0. The molecule has 0 aliphatic carbocycles. The van der Waals surface area contributed by atoms with Gasteiger partial charge in [-0.15, -0.1) is 11.3 Å². The number of aryl methyl sites for hydroxylation is 3. The Morgan fingerprint density at radius 1 is 1.21 bits per heavy atom. The Labute approximate surface area is 195 Å². The van der Waals surface area contributed by atoms with E-state index in [4.69, 9.17) is 4.74 Å². The lowest BCUT2D eigenvalue weighted by molar-refractivity contribution is -0.143. The smallest absolute Gasteiger partial charge is 0.320 e. The van der Waals surface area contributed by atoms with Gasteiger partial charge in [0.2, 0.25) is 0 Å². The highest BCUT2D eigenvalue weighted by molar-refractivity contribution is 7.10. The minimum Gasteiger partial charge on any atom is -0.505 e. The summed E-state index contributed by atoms with van der Waals surface area (Å²) in [6.45, 7) is 6.01. The molecule has 1 unspecified atom stereocenters. The summed E-state index contributed by atoms with van der Waals surface area (Å²) in [5, 5.41) is 17.1. The van der Waals surface area contributed by atoms with Crippen molar-refractivity contribution in [2.75, 3.05) is 11.9 Å². The number of hydrogen-bond donors (Lipinski definition) is 3. The fourth-order valence-corrected chi connectivity index (χ4v) is 4.54. The number of anilines is 1. The molecule has 3 N–H and O–H groups in total. The van der Waals surface area contributed by atoms with Gasteiger partial charge in [-0.1, -0.05) is 18.2 Å². The Kier molecular flexibility index (Phi) is 7.55. The molecule has 2 amide bonds. The van der Waals surface area contributed by atoms with Gasteiger partial charge in [0, 0.05) is 18.1 Å². The maximum absolute atomic E-state index is 12.7. The zero-order chi connectivity index (χ0) is 24.1. The van der Waals surface area contributed by atoms with Gasteiger partial charge in [0.1, 0.15) is 5.75 Å². The van der Waals surface area contributed by atoms with Gasteiger partial charge >= 0.3 is 12.0 Å². The monoisotopic (exact) mass is 469 g/mol. The number of aromatic nitrogens is 1. The molecule has 0 saturated carbocycles. The van der Waals surface area contributed by atoms with Crippen LogP contribution in [0.4, 0.5) is 10.5 Å². The minimum atomic E-state index is -0.718. The van der Waals surface area contributed by atoms with Crippen molar-refractivity contribution < 1.29 is 19.4 Å². The van der Waals surface area contributed by atoms with Crippen molar-refractivity contribution in [3.8, 4) is 16.9 Å². The maximum Gasteiger partial charge on any atom is 0.320 e. The summed E-state index contributed by atoms with van der Waals surface area (Å²) in [6, 6.07) is 7.93. The Bertz CT molecular complexity index is 1210. The maximum atomic E-state index is 12.7. The van der Waals surface area contributed by atoms with Crippen LogP contribution in [0.25, 0.3) is 11.1 Å². The van der Waals surface area contributed by atoms with Crippen LogP contribution >= 0.6 is 11.3 Å². The van der Waals surface area contributed by atoms with E-state index in [0.29, 0.717) is 0 Å². The predicted molar refractivity (Wildman–Crippen MR) is 129 cm³/mol. The highest BCUT2D eigenvalue weighted by Gasteiger charge is 2.23. The van der Waals surface area contributed by atoms with Gasteiger partial charge in [0.15, 0.2) is 5.69 Å². The molecule has 8 nitrogen and oxygen atoms in total. The number of hydrogen-bond acceptors (Lipinski definition) is 6. The highest BCUT2D eigenvalue weighted by Crippen LogP contribution is 2.34.